The van der Waals surface area contributed by atoms with Crippen LogP contribution in [0.15, 0.2) is 24.3 Å². The van der Waals surface area contributed by atoms with Crippen LogP contribution in [0, 0.1) is 0 Å². The summed E-state index contributed by atoms with van der Waals surface area (Å²) in [4.78, 5) is 14.1. The molecule has 1 N–H and O–H groups in total. The van der Waals surface area contributed by atoms with Gasteiger partial charge in [0.25, 0.3) is 5.91 Å². The van der Waals surface area contributed by atoms with Gasteiger partial charge in [-0.2, -0.15) is 13.2 Å². The Hall–Kier alpha value is -1.56. The van der Waals surface area contributed by atoms with Gasteiger partial charge in [0, 0.05) is 24.7 Å². The molecule has 20 heavy (non-hydrogen) atoms. The average molecular weight is 286 g/mol. The number of rotatable bonds is 1. The zero-order valence-corrected chi connectivity index (χ0v) is 11.2. The summed E-state index contributed by atoms with van der Waals surface area (Å²) in [6.07, 6.45) is -3.53. The van der Waals surface area contributed by atoms with Crippen LogP contribution in [0.3, 0.4) is 0 Å². The monoisotopic (exact) mass is 286 g/mol. The van der Waals surface area contributed by atoms with E-state index in [1.807, 2.05) is 6.92 Å². The lowest BCUT2D eigenvalue weighted by Gasteiger charge is -2.27. The van der Waals surface area contributed by atoms with Gasteiger partial charge in [-0.05, 0) is 44.2 Å². The number of carbonyl (C=O) groups excluding carboxylic acids is 1. The van der Waals surface area contributed by atoms with Crippen LogP contribution in [0.4, 0.5) is 13.2 Å². The molecule has 0 aromatic heterocycles. The number of alkyl halides is 3. The number of amides is 1. The van der Waals surface area contributed by atoms with Crippen molar-refractivity contribution in [1.82, 2.24) is 10.2 Å². The van der Waals surface area contributed by atoms with Gasteiger partial charge in [-0.25, -0.2) is 0 Å². The maximum atomic E-state index is 12.5. The number of nitrogens with one attached hydrogen (secondary N) is 1. The van der Waals surface area contributed by atoms with Crippen LogP contribution < -0.4 is 5.32 Å². The van der Waals surface area contributed by atoms with Crippen molar-refractivity contribution in [3.8, 4) is 0 Å². The third kappa shape index (κ3) is 3.30. The fourth-order valence-electron chi connectivity index (χ4n) is 2.29. The Kier molecular flexibility index (Phi) is 4.32. The Labute approximate surface area is 115 Å². The van der Waals surface area contributed by atoms with Gasteiger partial charge in [0.15, 0.2) is 0 Å². The van der Waals surface area contributed by atoms with Gasteiger partial charge in [0.2, 0.25) is 0 Å². The topological polar surface area (TPSA) is 32.3 Å². The summed E-state index contributed by atoms with van der Waals surface area (Å²) >= 11 is 0. The van der Waals surface area contributed by atoms with Crippen LogP contribution in [-0.4, -0.2) is 36.5 Å². The van der Waals surface area contributed by atoms with Crippen molar-refractivity contribution < 1.29 is 18.0 Å². The summed E-state index contributed by atoms with van der Waals surface area (Å²) in [5, 5.41) is 3.22. The molecule has 1 aromatic carbocycles. The molecule has 1 aliphatic heterocycles. The van der Waals surface area contributed by atoms with Gasteiger partial charge >= 0.3 is 6.18 Å². The first-order valence-corrected chi connectivity index (χ1v) is 6.58. The van der Waals surface area contributed by atoms with Crippen LogP contribution in [0.2, 0.25) is 0 Å². The Morgan fingerprint density at radius 2 is 1.95 bits per heavy atom. The van der Waals surface area contributed by atoms with E-state index in [1.165, 1.54) is 12.1 Å². The van der Waals surface area contributed by atoms with Crippen LogP contribution in [0.1, 0.15) is 29.3 Å². The fourth-order valence-corrected chi connectivity index (χ4v) is 2.29. The fraction of sp³-hybridized carbons (Fsp3) is 0.500. The highest BCUT2D eigenvalue weighted by Gasteiger charge is 2.30. The van der Waals surface area contributed by atoms with Gasteiger partial charge in [-0.15, -0.1) is 0 Å². The molecule has 1 unspecified atom stereocenters. The largest absolute Gasteiger partial charge is 0.416 e. The number of carbonyl (C=O) groups is 1. The van der Waals surface area contributed by atoms with Gasteiger partial charge in [0.05, 0.1) is 5.56 Å². The molecule has 1 atom stereocenters. The third-order valence-corrected chi connectivity index (χ3v) is 3.44. The van der Waals surface area contributed by atoms with Gasteiger partial charge < -0.3 is 10.2 Å². The minimum Gasteiger partial charge on any atom is -0.335 e. The zero-order valence-electron chi connectivity index (χ0n) is 11.2. The first-order valence-electron chi connectivity index (χ1n) is 6.58. The molecule has 1 amide bonds. The van der Waals surface area contributed by atoms with E-state index in [0.29, 0.717) is 18.7 Å². The second-order valence-electron chi connectivity index (χ2n) is 4.98. The van der Waals surface area contributed by atoms with E-state index >= 15 is 0 Å². The van der Waals surface area contributed by atoms with Crippen molar-refractivity contribution in [2.24, 2.45) is 0 Å². The second kappa shape index (κ2) is 5.83. The van der Waals surface area contributed by atoms with Crippen LogP contribution in [0.5, 0.6) is 0 Å². The smallest absolute Gasteiger partial charge is 0.335 e. The van der Waals surface area contributed by atoms with Crippen LogP contribution >= 0.6 is 0 Å². The Morgan fingerprint density at radius 3 is 2.55 bits per heavy atom. The van der Waals surface area contributed by atoms with Crippen LogP contribution in [0.25, 0.3) is 0 Å². The highest BCUT2D eigenvalue weighted by atomic mass is 19.4. The summed E-state index contributed by atoms with van der Waals surface area (Å²) in [5.41, 5.74) is -0.439. The van der Waals surface area contributed by atoms with Crippen molar-refractivity contribution in [3.05, 3.63) is 35.4 Å². The molecule has 1 aliphatic rings. The number of hydrogen-bond acceptors (Lipinski definition) is 2. The minimum atomic E-state index is -4.37. The van der Waals surface area contributed by atoms with Crippen molar-refractivity contribution in [2.75, 3.05) is 19.6 Å². The quantitative estimate of drug-likeness (QED) is 0.860. The lowest BCUT2D eigenvalue weighted by atomic mass is 10.1. The molecule has 6 heteroatoms. The van der Waals surface area contributed by atoms with Crippen LogP contribution in [-0.2, 0) is 6.18 Å². The Bertz CT molecular complexity index is 470. The van der Waals surface area contributed by atoms with E-state index in [4.69, 9.17) is 0 Å². The average Bonchev–Trinajstić information content (AvgIpc) is 2.62. The predicted molar refractivity (Wildman–Crippen MR) is 69.4 cm³/mol. The summed E-state index contributed by atoms with van der Waals surface area (Å²) in [5.74, 6) is -0.213. The predicted octanol–water partition coefficient (Wildman–Crippen LogP) is 2.53. The maximum absolute atomic E-state index is 12.5. The highest BCUT2D eigenvalue weighted by molar-refractivity contribution is 5.94. The SMILES string of the molecule is CC1CNCCCN1C(=O)c1ccc(C(F)(F)F)cc1. The highest BCUT2D eigenvalue weighted by Crippen LogP contribution is 2.29. The molecule has 2 rings (SSSR count). The Morgan fingerprint density at radius 1 is 1.30 bits per heavy atom. The number of halogens is 3. The molecule has 0 radical (unpaired) electrons. The molecule has 1 fully saturated rings. The zero-order chi connectivity index (χ0) is 14.8. The number of hydrogen-bond donors (Lipinski definition) is 1. The first-order chi connectivity index (χ1) is 9.39. The van der Waals surface area contributed by atoms with E-state index in [1.54, 1.807) is 4.90 Å². The standard InChI is InChI=1S/C14H17F3N2O/c1-10-9-18-7-2-8-19(10)13(20)11-3-5-12(6-4-11)14(15,16)17/h3-6,10,18H,2,7-9H2,1H3. The molecule has 0 bridgehead atoms. The van der Waals surface area contributed by atoms with E-state index in [2.05, 4.69) is 5.32 Å². The number of benzene rings is 1. The molecule has 1 aromatic rings. The normalized spacial score (nSPS) is 20.6. The van der Waals surface area contributed by atoms with Crippen molar-refractivity contribution in [1.29, 1.82) is 0 Å². The van der Waals surface area contributed by atoms with E-state index in [-0.39, 0.29) is 11.9 Å². The number of nitrogens with zero attached hydrogens (tertiary/aromatic N) is 1. The molecular weight excluding hydrogens is 269 g/mol. The van der Waals surface area contributed by atoms with Gasteiger partial charge in [-0.3, -0.25) is 4.79 Å². The third-order valence-electron chi connectivity index (χ3n) is 3.44. The van der Waals surface area contributed by atoms with E-state index in [0.717, 1.165) is 25.1 Å². The van der Waals surface area contributed by atoms with Gasteiger partial charge in [-0.1, -0.05) is 0 Å². The lowest BCUT2D eigenvalue weighted by Crippen LogP contribution is -2.41. The second-order valence-corrected chi connectivity index (χ2v) is 4.98. The van der Waals surface area contributed by atoms with E-state index in [9.17, 15) is 18.0 Å². The summed E-state index contributed by atoms with van der Waals surface area (Å²) < 4.78 is 37.5. The lowest BCUT2D eigenvalue weighted by molar-refractivity contribution is -0.137. The maximum Gasteiger partial charge on any atom is 0.416 e. The molecule has 0 spiro atoms. The molecule has 3 nitrogen and oxygen atoms in total. The van der Waals surface area contributed by atoms with E-state index < -0.39 is 11.7 Å². The molecular formula is C14H17F3N2O. The van der Waals surface area contributed by atoms with Crippen molar-refractivity contribution in [3.63, 3.8) is 0 Å². The Balaban J connectivity index is 2.16. The van der Waals surface area contributed by atoms with Crippen molar-refractivity contribution in [2.45, 2.75) is 25.6 Å². The molecule has 0 saturated carbocycles. The molecule has 0 aliphatic carbocycles. The molecule has 1 heterocycles. The summed E-state index contributed by atoms with van der Waals surface area (Å²) in [6.45, 7) is 4.10. The first kappa shape index (κ1) is 14.8. The summed E-state index contributed by atoms with van der Waals surface area (Å²) in [6, 6.07) is 4.43. The molecule has 1 saturated heterocycles. The van der Waals surface area contributed by atoms with Gasteiger partial charge in [0.1, 0.15) is 0 Å². The summed E-state index contributed by atoms with van der Waals surface area (Å²) in [7, 11) is 0. The van der Waals surface area contributed by atoms with Crippen molar-refractivity contribution >= 4 is 5.91 Å². The molecule has 110 valence electrons. The minimum absolute atomic E-state index is 0.0345.